The predicted molar refractivity (Wildman–Crippen MR) is 91.8 cm³/mol. The molecule has 0 radical (unpaired) electrons. The highest BCUT2D eigenvalue weighted by molar-refractivity contribution is 5.95. The molecule has 7 nitrogen and oxygen atoms in total. The van der Waals surface area contributed by atoms with Gasteiger partial charge in [0.2, 0.25) is 11.8 Å². The van der Waals surface area contributed by atoms with E-state index in [1.807, 2.05) is 26.1 Å². The molecule has 0 spiro atoms. The van der Waals surface area contributed by atoms with Crippen LogP contribution in [0.25, 0.3) is 0 Å². The van der Waals surface area contributed by atoms with Crippen molar-refractivity contribution in [1.82, 2.24) is 9.78 Å². The number of hydrogen-bond acceptors (Lipinski definition) is 4. The van der Waals surface area contributed by atoms with E-state index in [4.69, 9.17) is 4.74 Å². The van der Waals surface area contributed by atoms with Crippen molar-refractivity contribution in [2.24, 2.45) is 7.05 Å². The number of nitrogens with zero attached hydrogens (tertiary/aromatic N) is 2. The molecule has 2 rings (SSSR count). The van der Waals surface area contributed by atoms with Gasteiger partial charge in [0.05, 0.1) is 0 Å². The Bertz CT molecular complexity index is 724. The largest absolute Gasteiger partial charge is 0.375 e. The third-order valence-electron chi connectivity index (χ3n) is 3.60. The van der Waals surface area contributed by atoms with E-state index >= 15 is 0 Å². The van der Waals surface area contributed by atoms with Crippen LogP contribution in [0.1, 0.15) is 17.7 Å². The molecule has 0 atom stereocenters. The molecule has 1 heterocycles. The van der Waals surface area contributed by atoms with Crippen molar-refractivity contribution in [2.45, 2.75) is 19.8 Å². The van der Waals surface area contributed by atoms with Crippen molar-refractivity contribution in [3.8, 4) is 0 Å². The van der Waals surface area contributed by atoms with Crippen LogP contribution in [0.5, 0.6) is 0 Å². The van der Waals surface area contributed by atoms with Crippen molar-refractivity contribution in [2.75, 3.05) is 24.4 Å². The van der Waals surface area contributed by atoms with Gasteiger partial charge in [0.1, 0.15) is 6.61 Å². The van der Waals surface area contributed by atoms with Gasteiger partial charge in [-0.15, -0.1) is 0 Å². The molecule has 0 aliphatic heterocycles. The third-order valence-corrected chi connectivity index (χ3v) is 3.60. The van der Waals surface area contributed by atoms with Crippen LogP contribution in [0.2, 0.25) is 0 Å². The maximum atomic E-state index is 12.2. The van der Waals surface area contributed by atoms with E-state index in [0.717, 1.165) is 11.3 Å². The molecule has 24 heavy (non-hydrogen) atoms. The van der Waals surface area contributed by atoms with Crippen molar-refractivity contribution in [3.05, 3.63) is 41.7 Å². The van der Waals surface area contributed by atoms with Gasteiger partial charge in [-0.3, -0.25) is 14.3 Å². The molecule has 1 aromatic heterocycles. The molecule has 0 unspecified atom stereocenters. The molecule has 0 saturated heterocycles. The molecule has 7 heteroatoms. The number of amides is 2. The quantitative estimate of drug-likeness (QED) is 0.812. The Morgan fingerprint density at radius 1 is 1.21 bits per heavy atom. The van der Waals surface area contributed by atoms with E-state index in [0.29, 0.717) is 24.2 Å². The predicted octanol–water partition coefficient (Wildman–Crippen LogP) is 1.88. The molecule has 2 amide bonds. The van der Waals surface area contributed by atoms with Gasteiger partial charge in [0, 0.05) is 43.8 Å². The summed E-state index contributed by atoms with van der Waals surface area (Å²) in [7, 11) is 3.31. The van der Waals surface area contributed by atoms with Gasteiger partial charge in [-0.25, -0.2) is 0 Å². The Kier molecular flexibility index (Phi) is 6.08. The molecule has 2 N–H and O–H groups in total. The number of ether oxygens (including phenoxy) is 1. The summed E-state index contributed by atoms with van der Waals surface area (Å²) >= 11 is 0. The zero-order valence-corrected chi connectivity index (χ0v) is 14.1. The first kappa shape index (κ1) is 17.7. The summed E-state index contributed by atoms with van der Waals surface area (Å²) in [5.74, 6) is -0.325. The van der Waals surface area contributed by atoms with E-state index in [1.54, 1.807) is 23.0 Å². The van der Waals surface area contributed by atoms with Gasteiger partial charge in [-0.05, 0) is 37.1 Å². The lowest BCUT2D eigenvalue weighted by atomic mass is 10.1. The van der Waals surface area contributed by atoms with Crippen LogP contribution >= 0.6 is 0 Å². The Hall–Kier alpha value is -2.67. The van der Waals surface area contributed by atoms with Gasteiger partial charge in [-0.1, -0.05) is 6.07 Å². The lowest BCUT2D eigenvalue weighted by Crippen LogP contribution is -2.18. The number of carbonyl (C=O) groups is 2. The lowest BCUT2D eigenvalue weighted by Gasteiger charge is -2.11. The SMILES string of the molecule is COCC(=O)Nc1ccc(C)c(NC(=O)CCc2ccnn2C)c1. The fraction of sp³-hybridized carbons (Fsp3) is 0.353. The molecular formula is C17H22N4O3. The fourth-order valence-electron chi connectivity index (χ4n) is 2.26. The number of anilines is 2. The molecule has 1 aromatic carbocycles. The standard InChI is InChI=1S/C17H22N4O3/c1-12-4-5-13(19-17(23)11-24-3)10-15(12)20-16(22)7-6-14-8-9-18-21(14)2/h4-5,8-10H,6-7,11H2,1-3H3,(H,19,23)(H,20,22). The second-order valence-corrected chi connectivity index (χ2v) is 5.51. The second kappa shape index (κ2) is 8.26. The topological polar surface area (TPSA) is 85.2 Å². The van der Waals surface area contributed by atoms with Crippen LogP contribution in [0.15, 0.2) is 30.5 Å². The average Bonchev–Trinajstić information content (AvgIpc) is 2.94. The molecule has 0 fully saturated rings. The number of carbonyl (C=O) groups excluding carboxylic acids is 2. The van der Waals surface area contributed by atoms with E-state index in [9.17, 15) is 9.59 Å². The first-order chi connectivity index (χ1) is 11.5. The monoisotopic (exact) mass is 330 g/mol. The van der Waals surface area contributed by atoms with Crippen LogP contribution in [-0.2, 0) is 27.8 Å². The second-order valence-electron chi connectivity index (χ2n) is 5.51. The van der Waals surface area contributed by atoms with Gasteiger partial charge < -0.3 is 15.4 Å². The minimum Gasteiger partial charge on any atom is -0.375 e. The van der Waals surface area contributed by atoms with Crippen molar-refractivity contribution >= 4 is 23.2 Å². The minimum absolute atomic E-state index is 0.0136. The Morgan fingerprint density at radius 2 is 2.00 bits per heavy atom. The highest BCUT2D eigenvalue weighted by Gasteiger charge is 2.09. The zero-order valence-electron chi connectivity index (χ0n) is 14.1. The molecule has 0 aliphatic carbocycles. The summed E-state index contributed by atoms with van der Waals surface area (Å²) in [5, 5.41) is 9.69. The maximum Gasteiger partial charge on any atom is 0.250 e. The number of aryl methyl sites for hydroxylation is 3. The van der Waals surface area contributed by atoms with Crippen LogP contribution < -0.4 is 10.6 Å². The van der Waals surface area contributed by atoms with Gasteiger partial charge in [-0.2, -0.15) is 5.10 Å². The van der Waals surface area contributed by atoms with Crippen molar-refractivity contribution in [1.29, 1.82) is 0 Å². The number of methoxy groups -OCH3 is 1. The Balaban J connectivity index is 1.96. The summed E-state index contributed by atoms with van der Waals surface area (Å²) in [6.07, 6.45) is 2.69. The van der Waals surface area contributed by atoms with E-state index in [1.165, 1.54) is 7.11 Å². The summed E-state index contributed by atoms with van der Waals surface area (Å²) < 4.78 is 6.54. The summed E-state index contributed by atoms with van der Waals surface area (Å²) in [4.78, 5) is 23.7. The number of benzene rings is 1. The number of rotatable bonds is 7. The van der Waals surface area contributed by atoms with Gasteiger partial charge in [0.15, 0.2) is 0 Å². The number of aromatic nitrogens is 2. The molecule has 0 aliphatic rings. The highest BCUT2D eigenvalue weighted by atomic mass is 16.5. The molecule has 0 saturated carbocycles. The van der Waals surface area contributed by atoms with Crippen LogP contribution in [0, 0.1) is 6.92 Å². The van der Waals surface area contributed by atoms with E-state index in [-0.39, 0.29) is 18.4 Å². The summed E-state index contributed by atoms with van der Waals surface area (Å²) in [6, 6.07) is 7.27. The maximum absolute atomic E-state index is 12.2. The highest BCUT2D eigenvalue weighted by Crippen LogP contribution is 2.20. The average molecular weight is 330 g/mol. The first-order valence-electron chi connectivity index (χ1n) is 7.65. The lowest BCUT2D eigenvalue weighted by molar-refractivity contribution is -0.119. The van der Waals surface area contributed by atoms with Gasteiger partial charge in [0.25, 0.3) is 0 Å². The molecule has 0 bridgehead atoms. The normalized spacial score (nSPS) is 10.5. The van der Waals surface area contributed by atoms with Crippen molar-refractivity contribution < 1.29 is 14.3 Å². The molecular weight excluding hydrogens is 308 g/mol. The van der Waals surface area contributed by atoms with Crippen LogP contribution in [0.3, 0.4) is 0 Å². The number of nitrogens with one attached hydrogen (secondary N) is 2. The summed E-state index contributed by atoms with van der Waals surface area (Å²) in [6.45, 7) is 1.89. The first-order valence-corrected chi connectivity index (χ1v) is 7.65. The third kappa shape index (κ3) is 4.92. The Labute approximate surface area is 141 Å². The van der Waals surface area contributed by atoms with E-state index < -0.39 is 0 Å². The smallest absolute Gasteiger partial charge is 0.250 e. The molecule has 128 valence electrons. The van der Waals surface area contributed by atoms with Gasteiger partial charge >= 0.3 is 0 Å². The zero-order chi connectivity index (χ0) is 17.5. The fourth-order valence-corrected chi connectivity index (χ4v) is 2.26. The van der Waals surface area contributed by atoms with Crippen LogP contribution in [-0.4, -0.2) is 35.3 Å². The Morgan fingerprint density at radius 3 is 2.67 bits per heavy atom. The van der Waals surface area contributed by atoms with Crippen molar-refractivity contribution in [3.63, 3.8) is 0 Å². The molecule has 2 aromatic rings. The number of hydrogen-bond donors (Lipinski definition) is 2. The minimum atomic E-state index is -0.241. The van der Waals surface area contributed by atoms with Crippen LogP contribution in [0.4, 0.5) is 11.4 Å². The van der Waals surface area contributed by atoms with E-state index in [2.05, 4.69) is 15.7 Å². The summed E-state index contributed by atoms with van der Waals surface area (Å²) in [5.41, 5.74) is 3.22.